The fourth-order valence-corrected chi connectivity index (χ4v) is 3.07. The molecule has 1 aliphatic heterocycles. The number of likely N-dealkylation sites (tertiary alicyclic amines) is 1. The van der Waals surface area contributed by atoms with E-state index in [0.717, 1.165) is 38.2 Å². The second-order valence-electron chi connectivity index (χ2n) is 5.54. The maximum Gasteiger partial charge on any atom is 0.253 e. The first kappa shape index (κ1) is 15.0. The monoisotopic (exact) mass is 318 g/mol. The van der Waals surface area contributed by atoms with Crippen LogP contribution in [0.5, 0.6) is 0 Å². The Labute approximate surface area is 134 Å². The minimum absolute atomic E-state index is 0.0783. The Kier molecular flexibility index (Phi) is 4.43. The number of piperidine rings is 1. The average Bonchev–Trinajstić information content (AvgIpc) is 3.04. The second kappa shape index (κ2) is 6.48. The van der Waals surface area contributed by atoms with Gasteiger partial charge in [-0.05, 0) is 37.1 Å². The minimum Gasteiger partial charge on any atom is -0.338 e. The van der Waals surface area contributed by atoms with Crippen LogP contribution in [0.1, 0.15) is 42.0 Å². The third-order valence-electron chi connectivity index (χ3n) is 4.20. The molecule has 3 rings (SSSR count). The first-order valence-electron chi connectivity index (χ1n) is 7.62. The van der Waals surface area contributed by atoms with Gasteiger partial charge in [-0.15, -0.1) is 10.2 Å². The fourth-order valence-electron chi connectivity index (χ4n) is 2.95. The molecule has 1 amide bonds. The van der Waals surface area contributed by atoms with Gasteiger partial charge in [-0.1, -0.05) is 18.5 Å². The summed E-state index contributed by atoms with van der Waals surface area (Å²) in [6.45, 7) is 3.60. The number of hydrogen-bond acceptors (Lipinski definition) is 3. The molecule has 0 bridgehead atoms. The Morgan fingerprint density at radius 2 is 1.95 bits per heavy atom. The molecule has 1 aromatic carbocycles. The molecule has 1 aliphatic rings. The van der Waals surface area contributed by atoms with Gasteiger partial charge in [-0.25, -0.2) is 0 Å². The van der Waals surface area contributed by atoms with Crippen LogP contribution in [0.3, 0.4) is 0 Å². The van der Waals surface area contributed by atoms with E-state index in [1.165, 1.54) is 0 Å². The molecule has 2 aromatic rings. The van der Waals surface area contributed by atoms with Gasteiger partial charge in [0, 0.05) is 36.1 Å². The van der Waals surface area contributed by atoms with E-state index in [9.17, 15) is 4.79 Å². The fraction of sp³-hybridized carbons (Fsp3) is 0.438. The van der Waals surface area contributed by atoms with Crippen molar-refractivity contribution in [2.24, 2.45) is 0 Å². The van der Waals surface area contributed by atoms with Crippen LogP contribution in [0.2, 0.25) is 5.02 Å². The Bertz CT molecular complexity index is 644. The van der Waals surface area contributed by atoms with E-state index in [4.69, 9.17) is 11.6 Å². The van der Waals surface area contributed by atoms with Crippen LogP contribution in [0.4, 0.5) is 0 Å². The lowest BCUT2D eigenvalue weighted by Crippen LogP contribution is -2.39. The standard InChI is InChI=1S/C16H19ClN4O/c1-2-15-19-18-11-21(15)14-7-9-20(10-8-14)16(22)12-3-5-13(17)6-4-12/h3-6,11,14H,2,7-10H2,1H3. The molecule has 0 N–H and O–H groups in total. The van der Waals surface area contributed by atoms with Gasteiger partial charge in [0.05, 0.1) is 0 Å². The van der Waals surface area contributed by atoms with E-state index in [1.807, 2.05) is 4.90 Å². The van der Waals surface area contributed by atoms with Gasteiger partial charge in [0.1, 0.15) is 12.2 Å². The zero-order valence-electron chi connectivity index (χ0n) is 12.6. The average molecular weight is 319 g/mol. The summed E-state index contributed by atoms with van der Waals surface area (Å²) in [6.07, 6.45) is 4.55. The van der Waals surface area contributed by atoms with Crippen LogP contribution < -0.4 is 0 Å². The van der Waals surface area contributed by atoms with E-state index < -0.39 is 0 Å². The summed E-state index contributed by atoms with van der Waals surface area (Å²) >= 11 is 5.87. The number of carbonyl (C=O) groups is 1. The largest absolute Gasteiger partial charge is 0.338 e. The number of halogens is 1. The van der Waals surface area contributed by atoms with Crippen molar-refractivity contribution < 1.29 is 4.79 Å². The molecule has 6 heteroatoms. The van der Waals surface area contributed by atoms with Crippen LogP contribution in [-0.4, -0.2) is 38.7 Å². The van der Waals surface area contributed by atoms with Crippen molar-refractivity contribution in [2.75, 3.05) is 13.1 Å². The second-order valence-corrected chi connectivity index (χ2v) is 5.97. The van der Waals surface area contributed by atoms with Crippen molar-refractivity contribution in [1.82, 2.24) is 19.7 Å². The summed E-state index contributed by atoms with van der Waals surface area (Å²) in [7, 11) is 0. The minimum atomic E-state index is 0.0783. The zero-order valence-corrected chi connectivity index (χ0v) is 13.3. The number of nitrogens with zero attached hydrogens (tertiary/aromatic N) is 4. The van der Waals surface area contributed by atoms with Crippen LogP contribution in [0.15, 0.2) is 30.6 Å². The van der Waals surface area contributed by atoms with Crippen molar-refractivity contribution >= 4 is 17.5 Å². The molecule has 0 spiro atoms. The summed E-state index contributed by atoms with van der Waals surface area (Å²) in [5.74, 6) is 1.09. The Hall–Kier alpha value is -1.88. The van der Waals surface area contributed by atoms with E-state index in [0.29, 0.717) is 16.6 Å². The molecule has 0 radical (unpaired) electrons. The van der Waals surface area contributed by atoms with Crippen LogP contribution in [0, 0.1) is 0 Å². The first-order chi connectivity index (χ1) is 10.7. The molecule has 5 nitrogen and oxygen atoms in total. The molecule has 0 unspecified atom stereocenters. The number of carbonyl (C=O) groups excluding carboxylic acids is 1. The molecule has 0 atom stereocenters. The molecule has 0 aliphatic carbocycles. The number of rotatable bonds is 3. The lowest BCUT2D eigenvalue weighted by molar-refractivity contribution is 0.0693. The summed E-state index contributed by atoms with van der Waals surface area (Å²) in [5.41, 5.74) is 0.696. The van der Waals surface area contributed by atoms with Crippen molar-refractivity contribution in [3.8, 4) is 0 Å². The van der Waals surface area contributed by atoms with Gasteiger partial charge in [-0.2, -0.15) is 0 Å². The summed E-state index contributed by atoms with van der Waals surface area (Å²) in [6, 6.07) is 7.47. The van der Waals surface area contributed by atoms with Gasteiger partial charge in [0.15, 0.2) is 0 Å². The smallest absolute Gasteiger partial charge is 0.253 e. The summed E-state index contributed by atoms with van der Waals surface area (Å²) < 4.78 is 2.16. The number of benzene rings is 1. The molecular weight excluding hydrogens is 300 g/mol. The molecular formula is C16H19ClN4O. The normalized spacial score (nSPS) is 16.0. The van der Waals surface area contributed by atoms with Gasteiger partial charge in [-0.3, -0.25) is 4.79 Å². The predicted molar refractivity (Wildman–Crippen MR) is 85.0 cm³/mol. The van der Waals surface area contributed by atoms with E-state index in [2.05, 4.69) is 21.7 Å². The Morgan fingerprint density at radius 3 is 2.59 bits per heavy atom. The lowest BCUT2D eigenvalue weighted by atomic mass is 10.0. The maximum atomic E-state index is 12.5. The maximum absolute atomic E-state index is 12.5. The quantitative estimate of drug-likeness (QED) is 0.874. The van der Waals surface area contributed by atoms with Gasteiger partial charge < -0.3 is 9.47 Å². The van der Waals surface area contributed by atoms with Gasteiger partial charge >= 0.3 is 0 Å². The van der Waals surface area contributed by atoms with E-state index >= 15 is 0 Å². The highest BCUT2D eigenvalue weighted by Crippen LogP contribution is 2.24. The van der Waals surface area contributed by atoms with E-state index in [1.54, 1.807) is 30.6 Å². The Balaban J connectivity index is 1.64. The van der Waals surface area contributed by atoms with Gasteiger partial charge in [0.2, 0.25) is 0 Å². The highest BCUT2D eigenvalue weighted by molar-refractivity contribution is 6.30. The Morgan fingerprint density at radius 1 is 1.27 bits per heavy atom. The molecule has 22 heavy (non-hydrogen) atoms. The third kappa shape index (κ3) is 2.99. The molecule has 0 saturated carbocycles. The highest BCUT2D eigenvalue weighted by Gasteiger charge is 2.25. The van der Waals surface area contributed by atoms with Crippen molar-refractivity contribution in [3.05, 3.63) is 47.0 Å². The lowest BCUT2D eigenvalue weighted by Gasteiger charge is -2.33. The zero-order chi connectivity index (χ0) is 15.5. The molecule has 1 saturated heterocycles. The SMILES string of the molecule is CCc1nncn1C1CCN(C(=O)c2ccc(Cl)cc2)CC1. The van der Waals surface area contributed by atoms with Crippen LogP contribution >= 0.6 is 11.6 Å². The topological polar surface area (TPSA) is 51.0 Å². The van der Waals surface area contributed by atoms with Gasteiger partial charge in [0.25, 0.3) is 5.91 Å². The van der Waals surface area contributed by atoms with Crippen LogP contribution in [0.25, 0.3) is 0 Å². The van der Waals surface area contributed by atoms with Crippen LogP contribution in [-0.2, 0) is 6.42 Å². The number of amides is 1. The molecule has 1 aromatic heterocycles. The summed E-state index contributed by atoms with van der Waals surface area (Å²) in [4.78, 5) is 14.4. The predicted octanol–water partition coefficient (Wildman–Crippen LogP) is 2.97. The summed E-state index contributed by atoms with van der Waals surface area (Å²) in [5, 5.41) is 8.79. The number of aromatic nitrogens is 3. The third-order valence-corrected chi connectivity index (χ3v) is 4.45. The first-order valence-corrected chi connectivity index (χ1v) is 8.00. The van der Waals surface area contributed by atoms with Crippen molar-refractivity contribution in [2.45, 2.75) is 32.2 Å². The molecule has 1 fully saturated rings. The number of hydrogen-bond donors (Lipinski definition) is 0. The highest BCUT2D eigenvalue weighted by atomic mass is 35.5. The molecule has 2 heterocycles. The molecule has 116 valence electrons. The number of aryl methyl sites for hydroxylation is 1. The van der Waals surface area contributed by atoms with E-state index in [-0.39, 0.29) is 5.91 Å². The van der Waals surface area contributed by atoms with Crippen molar-refractivity contribution in [3.63, 3.8) is 0 Å². The van der Waals surface area contributed by atoms with Crippen molar-refractivity contribution in [1.29, 1.82) is 0 Å².